The quantitative estimate of drug-likeness (QED) is 0.914. The van der Waals surface area contributed by atoms with Crippen molar-refractivity contribution in [3.05, 3.63) is 11.2 Å². The molecule has 2 fully saturated rings. The van der Waals surface area contributed by atoms with Crippen molar-refractivity contribution in [3.8, 4) is 0 Å². The molecule has 2 saturated heterocycles. The number of alkyl halides is 3. The van der Waals surface area contributed by atoms with Gasteiger partial charge in [-0.1, -0.05) is 0 Å². The zero-order chi connectivity index (χ0) is 14.5. The lowest BCUT2D eigenvalue weighted by atomic mass is 9.78. The maximum Gasteiger partial charge on any atom is 0.395 e. The molecule has 4 unspecified atom stereocenters. The van der Waals surface area contributed by atoms with Crippen molar-refractivity contribution in [1.29, 1.82) is 0 Å². The van der Waals surface area contributed by atoms with Crippen LogP contribution in [0.5, 0.6) is 0 Å². The van der Waals surface area contributed by atoms with Gasteiger partial charge in [0.1, 0.15) is 5.00 Å². The number of amides is 1. The van der Waals surface area contributed by atoms with E-state index in [0.717, 1.165) is 5.01 Å². The van der Waals surface area contributed by atoms with Gasteiger partial charge in [-0.05, 0) is 19.8 Å². The van der Waals surface area contributed by atoms with E-state index in [4.69, 9.17) is 4.74 Å². The largest absolute Gasteiger partial charge is 0.395 e. The molecule has 2 aliphatic rings. The van der Waals surface area contributed by atoms with E-state index >= 15 is 0 Å². The van der Waals surface area contributed by atoms with Crippen LogP contribution in [0.4, 0.5) is 18.2 Å². The van der Waals surface area contributed by atoms with Crippen LogP contribution < -0.4 is 5.32 Å². The van der Waals surface area contributed by atoms with E-state index in [1.54, 1.807) is 6.92 Å². The summed E-state index contributed by atoms with van der Waals surface area (Å²) in [6.45, 7) is 1.76. The lowest BCUT2D eigenvalue weighted by molar-refractivity contribution is -0.196. The smallest absolute Gasteiger partial charge is 0.373 e. The minimum atomic E-state index is -4.41. The average molecular weight is 306 g/mol. The van der Waals surface area contributed by atoms with E-state index in [9.17, 15) is 18.0 Å². The fourth-order valence-electron chi connectivity index (χ4n) is 3.05. The highest BCUT2D eigenvalue weighted by Crippen LogP contribution is 2.50. The third-order valence-electron chi connectivity index (χ3n) is 3.82. The van der Waals surface area contributed by atoms with Gasteiger partial charge in [0.25, 0.3) is 0 Å². The van der Waals surface area contributed by atoms with Gasteiger partial charge in [0, 0.05) is 0 Å². The Hall–Kier alpha value is -1.15. The van der Waals surface area contributed by atoms with Crippen molar-refractivity contribution in [1.82, 2.24) is 4.98 Å². The molecule has 1 amide bonds. The number of aromatic nitrogens is 1. The first-order chi connectivity index (χ1) is 9.36. The Bertz CT molecular complexity index is 531. The van der Waals surface area contributed by atoms with Crippen LogP contribution in [0, 0.1) is 18.8 Å². The van der Waals surface area contributed by atoms with Gasteiger partial charge < -0.3 is 10.1 Å². The molecule has 0 aliphatic carbocycles. The highest BCUT2D eigenvalue weighted by atomic mass is 32.1. The van der Waals surface area contributed by atoms with Crippen LogP contribution in [0.1, 0.15) is 17.8 Å². The molecule has 2 bridgehead atoms. The zero-order valence-electron chi connectivity index (χ0n) is 10.6. The first-order valence-electron chi connectivity index (χ1n) is 6.32. The maximum atomic E-state index is 13.1. The van der Waals surface area contributed by atoms with E-state index in [0.29, 0.717) is 17.8 Å². The average Bonchev–Trinajstić information content (AvgIpc) is 3.02. The van der Waals surface area contributed by atoms with Crippen LogP contribution in [-0.4, -0.2) is 29.3 Å². The normalized spacial score (nSPS) is 32.6. The summed E-state index contributed by atoms with van der Waals surface area (Å²) in [4.78, 5) is 16.1. The van der Waals surface area contributed by atoms with Crippen molar-refractivity contribution in [2.45, 2.75) is 38.1 Å². The summed E-state index contributed by atoms with van der Waals surface area (Å²) < 4.78 is 44.6. The molecule has 20 heavy (non-hydrogen) atoms. The number of nitrogens with zero attached hydrogens (tertiary/aromatic N) is 1. The Morgan fingerprint density at radius 1 is 1.45 bits per heavy atom. The molecule has 0 spiro atoms. The van der Waals surface area contributed by atoms with Crippen molar-refractivity contribution in [2.24, 2.45) is 11.8 Å². The molecule has 0 aromatic carbocycles. The molecule has 8 heteroatoms. The summed E-state index contributed by atoms with van der Waals surface area (Å²) in [7, 11) is 0. The fourth-order valence-corrected chi connectivity index (χ4v) is 3.73. The Labute approximate surface area is 117 Å². The van der Waals surface area contributed by atoms with Gasteiger partial charge in [-0.3, -0.25) is 4.79 Å². The molecule has 1 aromatic rings. The monoisotopic (exact) mass is 306 g/mol. The van der Waals surface area contributed by atoms with Crippen LogP contribution in [0.15, 0.2) is 6.20 Å². The lowest BCUT2D eigenvalue weighted by Gasteiger charge is -2.28. The SMILES string of the molecule is Cc1ncc(NC(=O)C2C3CCC(O3)C2C(F)(F)F)s1. The standard InChI is InChI=1S/C12H13F3N2O2S/c1-5-16-4-8(20-5)17-11(18)9-6-2-3-7(19-6)10(9)12(13,14)15/h4,6-7,9-10H,2-3H2,1H3,(H,17,18). The van der Waals surface area contributed by atoms with Gasteiger partial charge in [0.05, 0.1) is 35.2 Å². The zero-order valence-corrected chi connectivity index (χ0v) is 11.4. The number of ether oxygens (including phenoxy) is 1. The summed E-state index contributed by atoms with van der Waals surface area (Å²) in [5.74, 6) is -3.48. The van der Waals surface area contributed by atoms with Gasteiger partial charge in [-0.15, -0.1) is 11.3 Å². The second-order valence-electron chi connectivity index (χ2n) is 5.12. The van der Waals surface area contributed by atoms with Crippen LogP contribution in [0.3, 0.4) is 0 Å². The number of aryl methyl sites for hydroxylation is 1. The molecule has 3 heterocycles. The van der Waals surface area contributed by atoms with Gasteiger partial charge >= 0.3 is 6.18 Å². The van der Waals surface area contributed by atoms with E-state index in [2.05, 4.69) is 10.3 Å². The fraction of sp³-hybridized carbons (Fsp3) is 0.667. The highest BCUT2D eigenvalue weighted by Gasteiger charge is 2.62. The number of fused-ring (bicyclic) bond motifs is 2. The van der Waals surface area contributed by atoms with Gasteiger partial charge in [0.2, 0.25) is 5.91 Å². The number of carbonyl (C=O) groups excluding carboxylic acids is 1. The number of rotatable bonds is 2. The first kappa shape index (κ1) is 13.8. The number of hydrogen-bond donors (Lipinski definition) is 1. The van der Waals surface area contributed by atoms with Crippen molar-refractivity contribution >= 4 is 22.2 Å². The number of halogens is 3. The molecular formula is C12H13F3N2O2S. The molecule has 4 atom stereocenters. The van der Waals surface area contributed by atoms with Crippen molar-refractivity contribution in [2.75, 3.05) is 5.32 Å². The molecule has 3 rings (SSSR count). The molecule has 0 radical (unpaired) electrons. The predicted molar refractivity (Wildman–Crippen MR) is 66.4 cm³/mol. The van der Waals surface area contributed by atoms with Crippen molar-refractivity contribution < 1.29 is 22.7 Å². The van der Waals surface area contributed by atoms with Gasteiger partial charge in [-0.2, -0.15) is 13.2 Å². The van der Waals surface area contributed by atoms with Gasteiger partial charge in [0.15, 0.2) is 0 Å². The molecule has 4 nitrogen and oxygen atoms in total. The predicted octanol–water partition coefficient (Wildman–Crippen LogP) is 2.75. The van der Waals surface area contributed by atoms with Crippen LogP contribution >= 0.6 is 11.3 Å². The Morgan fingerprint density at radius 2 is 2.15 bits per heavy atom. The molecule has 1 N–H and O–H groups in total. The highest BCUT2D eigenvalue weighted by molar-refractivity contribution is 7.15. The number of thiazole rings is 1. The number of anilines is 1. The second-order valence-corrected chi connectivity index (χ2v) is 6.35. The lowest BCUT2D eigenvalue weighted by Crippen LogP contribution is -2.44. The third-order valence-corrected chi connectivity index (χ3v) is 4.65. The van der Waals surface area contributed by atoms with E-state index in [-0.39, 0.29) is 0 Å². The summed E-state index contributed by atoms with van der Waals surface area (Å²) >= 11 is 1.24. The van der Waals surface area contributed by atoms with Gasteiger partial charge in [-0.25, -0.2) is 4.98 Å². The number of hydrogen-bond acceptors (Lipinski definition) is 4. The van der Waals surface area contributed by atoms with E-state index < -0.39 is 36.1 Å². The second kappa shape index (κ2) is 4.70. The van der Waals surface area contributed by atoms with Crippen LogP contribution in [0.2, 0.25) is 0 Å². The summed E-state index contributed by atoms with van der Waals surface area (Å²) in [5, 5.41) is 3.74. The third kappa shape index (κ3) is 2.31. The first-order valence-corrected chi connectivity index (χ1v) is 7.13. The Kier molecular flexibility index (Phi) is 3.24. The van der Waals surface area contributed by atoms with E-state index in [1.165, 1.54) is 17.5 Å². The van der Waals surface area contributed by atoms with Crippen LogP contribution in [-0.2, 0) is 9.53 Å². The molecule has 1 aromatic heterocycles. The molecule has 110 valence electrons. The Morgan fingerprint density at radius 3 is 2.75 bits per heavy atom. The Balaban J connectivity index is 1.79. The number of carbonyl (C=O) groups is 1. The molecular weight excluding hydrogens is 293 g/mol. The van der Waals surface area contributed by atoms with E-state index in [1.807, 2.05) is 0 Å². The minimum Gasteiger partial charge on any atom is -0.373 e. The van der Waals surface area contributed by atoms with Crippen LogP contribution in [0.25, 0.3) is 0 Å². The topological polar surface area (TPSA) is 51.2 Å². The number of nitrogens with one attached hydrogen (secondary N) is 1. The minimum absolute atomic E-state index is 0.373. The maximum absolute atomic E-state index is 13.1. The summed E-state index contributed by atoms with van der Waals surface area (Å²) in [6.07, 6.45) is -3.57. The summed E-state index contributed by atoms with van der Waals surface area (Å²) in [6, 6.07) is 0. The summed E-state index contributed by atoms with van der Waals surface area (Å²) in [5.41, 5.74) is 0. The molecule has 2 aliphatic heterocycles. The van der Waals surface area contributed by atoms with Crippen molar-refractivity contribution in [3.63, 3.8) is 0 Å². The molecule has 0 saturated carbocycles.